The predicted molar refractivity (Wildman–Crippen MR) is 54.2 cm³/mol. The molecule has 0 aromatic carbocycles. The van der Waals surface area contributed by atoms with Crippen LogP contribution in [0.25, 0.3) is 0 Å². The maximum Gasteiger partial charge on any atom is 0.414 e. The molecule has 0 saturated heterocycles. The van der Waals surface area contributed by atoms with Crippen molar-refractivity contribution < 1.29 is 19.1 Å². The summed E-state index contributed by atoms with van der Waals surface area (Å²) in [6.45, 7) is 5.15. The Hall–Kier alpha value is -1.14. The van der Waals surface area contributed by atoms with Gasteiger partial charge in [-0.25, -0.2) is 4.79 Å². The fourth-order valence-electron chi connectivity index (χ4n) is 0.752. The molecule has 0 rings (SSSR count). The smallest absolute Gasteiger partial charge is 0.414 e. The molecule has 0 bridgehead atoms. The minimum absolute atomic E-state index is 0.0502. The summed E-state index contributed by atoms with van der Waals surface area (Å²) in [5.41, 5.74) is 4.75. The first kappa shape index (κ1) is 13.9. The first-order valence-corrected chi connectivity index (χ1v) is 4.54. The molecule has 88 valence electrons. The van der Waals surface area contributed by atoms with Crippen molar-refractivity contribution in [2.45, 2.75) is 32.4 Å². The topological polar surface area (TPSA) is 90.6 Å². The highest BCUT2D eigenvalue weighted by molar-refractivity contribution is 5.94. The Bertz CT molecular complexity index is 235. The summed E-state index contributed by atoms with van der Waals surface area (Å²) < 4.78 is 9.54. The van der Waals surface area contributed by atoms with Gasteiger partial charge in [0.2, 0.25) is 5.91 Å². The van der Waals surface area contributed by atoms with Gasteiger partial charge in [0.05, 0.1) is 6.61 Å². The second-order valence-electron chi connectivity index (χ2n) is 4.05. The molecular weight excluding hydrogens is 200 g/mol. The number of carbonyl (C=O) groups excluding carboxylic acids is 2. The van der Waals surface area contributed by atoms with Gasteiger partial charge in [0.15, 0.2) is 0 Å². The third-order valence-corrected chi connectivity index (χ3v) is 1.31. The van der Waals surface area contributed by atoms with Crippen molar-refractivity contribution in [2.24, 2.45) is 5.73 Å². The number of hydrogen-bond acceptors (Lipinski definition) is 5. The van der Waals surface area contributed by atoms with E-state index in [1.807, 2.05) is 5.32 Å². The summed E-state index contributed by atoms with van der Waals surface area (Å²) in [6.07, 6.45) is -0.806. The Kier molecular flexibility index (Phi) is 5.24. The molecule has 0 aliphatic rings. The lowest BCUT2D eigenvalue weighted by atomic mass is 10.2. The van der Waals surface area contributed by atoms with E-state index in [4.69, 9.17) is 10.5 Å². The molecule has 15 heavy (non-hydrogen) atoms. The second-order valence-corrected chi connectivity index (χ2v) is 4.05. The maximum absolute atomic E-state index is 11.2. The van der Waals surface area contributed by atoms with E-state index in [2.05, 4.69) is 4.74 Å². The number of nitrogens with one attached hydrogen (secondary N) is 1. The molecule has 1 atom stereocenters. The van der Waals surface area contributed by atoms with Crippen LogP contribution in [0.2, 0.25) is 0 Å². The summed E-state index contributed by atoms with van der Waals surface area (Å²) in [4.78, 5) is 22.3. The first-order valence-electron chi connectivity index (χ1n) is 4.54. The molecule has 6 nitrogen and oxygen atoms in total. The zero-order valence-corrected chi connectivity index (χ0v) is 9.49. The molecule has 0 aromatic heterocycles. The van der Waals surface area contributed by atoms with E-state index >= 15 is 0 Å². The highest BCUT2D eigenvalue weighted by atomic mass is 16.6. The quantitative estimate of drug-likeness (QED) is 0.696. The zero-order chi connectivity index (χ0) is 12.1. The molecule has 3 N–H and O–H groups in total. The molecule has 0 aliphatic carbocycles. The summed E-state index contributed by atoms with van der Waals surface area (Å²) in [7, 11) is 1.42. The van der Waals surface area contributed by atoms with Gasteiger partial charge < -0.3 is 15.2 Å². The van der Waals surface area contributed by atoms with Crippen molar-refractivity contribution in [3.63, 3.8) is 0 Å². The van der Waals surface area contributed by atoms with E-state index in [-0.39, 0.29) is 6.61 Å². The first-order chi connectivity index (χ1) is 6.76. The van der Waals surface area contributed by atoms with Crippen LogP contribution >= 0.6 is 0 Å². The van der Waals surface area contributed by atoms with Gasteiger partial charge in [0.1, 0.15) is 11.6 Å². The van der Waals surface area contributed by atoms with Gasteiger partial charge in [-0.3, -0.25) is 10.1 Å². The molecule has 0 aliphatic heterocycles. The van der Waals surface area contributed by atoms with E-state index in [1.54, 1.807) is 20.8 Å². The number of rotatable bonds is 3. The number of amides is 2. The average Bonchev–Trinajstić information content (AvgIpc) is 2.00. The molecule has 0 saturated carbocycles. The van der Waals surface area contributed by atoms with Crippen molar-refractivity contribution in [3.8, 4) is 0 Å². The third-order valence-electron chi connectivity index (χ3n) is 1.31. The predicted octanol–water partition coefficient (Wildman–Crippen LogP) is 0.0114. The Morgan fingerprint density at radius 1 is 1.40 bits per heavy atom. The number of nitrogens with two attached hydrogens (primary N) is 1. The fourth-order valence-corrected chi connectivity index (χ4v) is 0.752. The van der Waals surface area contributed by atoms with E-state index in [0.717, 1.165) is 0 Å². The van der Waals surface area contributed by atoms with Crippen LogP contribution in [0.1, 0.15) is 20.8 Å². The van der Waals surface area contributed by atoms with Crippen molar-refractivity contribution in [1.82, 2.24) is 5.32 Å². The normalized spacial score (nSPS) is 13.1. The van der Waals surface area contributed by atoms with Crippen molar-refractivity contribution in [2.75, 3.05) is 13.7 Å². The van der Waals surface area contributed by atoms with Crippen molar-refractivity contribution >= 4 is 12.0 Å². The average molecular weight is 218 g/mol. The van der Waals surface area contributed by atoms with Gasteiger partial charge in [0.25, 0.3) is 0 Å². The molecule has 6 heteroatoms. The minimum atomic E-state index is -0.873. The molecule has 0 heterocycles. The SMILES string of the molecule is COC[C@H](N)C(=O)NC(=O)OC(C)(C)C. The van der Waals surface area contributed by atoms with Gasteiger partial charge in [-0.2, -0.15) is 0 Å². The number of imide groups is 1. The highest BCUT2D eigenvalue weighted by Crippen LogP contribution is 2.06. The van der Waals surface area contributed by atoms with Crippen LogP contribution in [0.3, 0.4) is 0 Å². The number of carbonyl (C=O) groups is 2. The monoisotopic (exact) mass is 218 g/mol. The molecular formula is C9H18N2O4. The lowest BCUT2D eigenvalue weighted by Crippen LogP contribution is -2.47. The van der Waals surface area contributed by atoms with Gasteiger partial charge in [-0.1, -0.05) is 0 Å². The van der Waals surface area contributed by atoms with Crippen LogP contribution in [0.4, 0.5) is 4.79 Å². The molecule has 0 unspecified atom stereocenters. The van der Waals surface area contributed by atoms with Gasteiger partial charge in [-0.15, -0.1) is 0 Å². The van der Waals surface area contributed by atoms with E-state index in [9.17, 15) is 9.59 Å². The molecule has 0 spiro atoms. The lowest BCUT2D eigenvalue weighted by Gasteiger charge is -2.20. The van der Waals surface area contributed by atoms with E-state index in [1.165, 1.54) is 7.11 Å². The Morgan fingerprint density at radius 2 is 1.93 bits per heavy atom. The zero-order valence-electron chi connectivity index (χ0n) is 9.49. The fraction of sp³-hybridized carbons (Fsp3) is 0.778. The van der Waals surface area contributed by atoms with Gasteiger partial charge in [-0.05, 0) is 20.8 Å². The van der Waals surface area contributed by atoms with Crippen LogP contribution in [-0.2, 0) is 14.3 Å². The van der Waals surface area contributed by atoms with Crippen molar-refractivity contribution in [1.29, 1.82) is 0 Å². The summed E-state index contributed by atoms with van der Waals surface area (Å²) in [5, 5.41) is 2.02. The summed E-state index contributed by atoms with van der Waals surface area (Å²) >= 11 is 0. The Labute approximate surface area is 89.1 Å². The van der Waals surface area contributed by atoms with E-state index in [0.29, 0.717) is 0 Å². The largest absolute Gasteiger partial charge is 0.444 e. The standard InChI is InChI=1S/C9H18N2O4/c1-9(2,3)15-8(13)11-7(12)6(10)5-14-4/h6H,5,10H2,1-4H3,(H,11,12,13)/t6-/m0/s1. The summed E-state index contributed by atoms with van der Waals surface area (Å²) in [6, 6.07) is -0.873. The Balaban J connectivity index is 4.02. The minimum Gasteiger partial charge on any atom is -0.444 e. The number of methoxy groups -OCH3 is 1. The summed E-state index contributed by atoms with van der Waals surface area (Å²) in [5.74, 6) is -0.619. The molecule has 0 aromatic rings. The highest BCUT2D eigenvalue weighted by Gasteiger charge is 2.21. The molecule has 2 amide bonds. The maximum atomic E-state index is 11.2. The number of hydrogen-bond donors (Lipinski definition) is 2. The van der Waals surface area contributed by atoms with E-state index < -0.39 is 23.6 Å². The Morgan fingerprint density at radius 3 is 2.33 bits per heavy atom. The molecule has 0 radical (unpaired) electrons. The second kappa shape index (κ2) is 5.67. The molecule has 0 fully saturated rings. The van der Waals surface area contributed by atoms with Crippen LogP contribution in [0, 0.1) is 0 Å². The van der Waals surface area contributed by atoms with Crippen molar-refractivity contribution in [3.05, 3.63) is 0 Å². The van der Waals surface area contributed by atoms with Crippen LogP contribution in [-0.4, -0.2) is 37.4 Å². The van der Waals surface area contributed by atoms with Crippen LogP contribution in [0.15, 0.2) is 0 Å². The van der Waals surface area contributed by atoms with Gasteiger partial charge >= 0.3 is 6.09 Å². The van der Waals surface area contributed by atoms with Gasteiger partial charge in [0, 0.05) is 7.11 Å². The third kappa shape index (κ3) is 6.87. The number of ether oxygens (including phenoxy) is 2. The van der Waals surface area contributed by atoms with Crippen LogP contribution < -0.4 is 11.1 Å². The van der Waals surface area contributed by atoms with Crippen LogP contribution in [0.5, 0.6) is 0 Å². The lowest BCUT2D eigenvalue weighted by molar-refractivity contribution is -0.123. The number of alkyl carbamates (subject to hydrolysis) is 1.